The Hall–Kier alpha value is -0.430. The van der Waals surface area contributed by atoms with Crippen LogP contribution in [0.3, 0.4) is 0 Å². The summed E-state index contributed by atoms with van der Waals surface area (Å²) in [6.45, 7) is 2.76. The summed E-state index contributed by atoms with van der Waals surface area (Å²) in [5.41, 5.74) is 0. The molecule has 0 spiro atoms. The fraction of sp³-hybridized carbons (Fsp3) is 0.692. The molecule has 0 radical (unpaired) electrons. The van der Waals surface area contributed by atoms with Crippen LogP contribution in [0.5, 0.6) is 0 Å². The average Bonchev–Trinajstić information content (AvgIpc) is 2.26. The predicted molar refractivity (Wildman–Crippen MR) is 68.3 cm³/mol. The summed E-state index contributed by atoms with van der Waals surface area (Å²) in [6.07, 6.45) is 15.4. The van der Waals surface area contributed by atoms with E-state index in [0.717, 1.165) is 31.7 Å². The molecule has 1 nitrogen and oxygen atoms in total. The molecule has 0 heterocycles. The van der Waals surface area contributed by atoms with Crippen molar-refractivity contribution >= 4 is 11.6 Å². The molecule has 0 amide bonds. The highest BCUT2D eigenvalue weighted by molar-refractivity contribution is 6.17. The molecular formula is C13H23ClO. The molecule has 2 heteroatoms. The molecule has 0 unspecified atom stereocenters. The largest absolute Gasteiger partial charge is 0.502 e. The van der Waals surface area contributed by atoms with Gasteiger partial charge in [0.05, 0.1) is 12.9 Å². The minimum Gasteiger partial charge on any atom is -0.502 e. The lowest BCUT2D eigenvalue weighted by Gasteiger charge is -1.94. The zero-order valence-electron chi connectivity index (χ0n) is 9.75. The van der Waals surface area contributed by atoms with E-state index in [1.807, 2.05) is 6.92 Å². The van der Waals surface area contributed by atoms with Crippen LogP contribution in [-0.4, -0.2) is 12.5 Å². The maximum atomic E-state index is 5.57. The molecule has 0 aromatic carbocycles. The summed E-state index contributed by atoms with van der Waals surface area (Å²) in [7, 11) is 0. The quantitative estimate of drug-likeness (QED) is 0.229. The van der Waals surface area contributed by atoms with Gasteiger partial charge in [-0.1, -0.05) is 12.2 Å². The Kier molecular flexibility index (Phi) is 13.2. The van der Waals surface area contributed by atoms with Crippen molar-refractivity contribution in [3.63, 3.8) is 0 Å². The highest BCUT2D eigenvalue weighted by atomic mass is 35.5. The van der Waals surface area contributed by atoms with Gasteiger partial charge in [0.15, 0.2) is 0 Å². The van der Waals surface area contributed by atoms with Crippen LogP contribution in [0, 0.1) is 0 Å². The van der Waals surface area contributed by atoms with Gasteiger partial charge in [0.1, 0.15) is 0 Å². The second kappa shape index (κ2) is 13.6. The minimum atomic E-state index is 0.764. The van der Waals surface area contributed by atoms with Crippen molar-refractivity contribution in [2.75, 3.05) is 12.5 Å². The zero-order chi connectivity index (χ0) is 11.2. The number of alkyl halides is 1. The lowest BCUT2D eigenvalue weighted by molar-refractivity contribution is 0.268. The van der Waals surface area contributed by atoms with Crippen molar-refractivity contribution in [3.8, 4) is 0 Å². The Bertz CT molecular complexity index is 164. The van der Waals surface area contributed by atoms with Gasteiger partial charge in [-0.05, 0) is 51.5 Å². The van der Waals surface area contributed by atoms with Crippen LogP contribution in [0.2, 0.25) is 0 Å². The van der Waals surface area contributed by atoms with Crippen molar-refractivity contribution in [2.24, 2.45) is 0 Å². The van der Waals surface area contributed by atoms with Crippen molar-refractivity contribution in [1.82, 2.24) is 0 Å². The van der Waals surface area contributed by atoms with Gasteiger partial charge in [0.25, 0.3) is 0 Å². The lowest BCUT2D eigenvalue weighted by atomic mass is 10.2. The van der Waals surface area contributed by atoms with Crippen LogP contribution in [0.15, 0.2) is 24.5 Å². The summed E-state index contributed by atoms with van der Waals surface area (Å²) in [5, 5.41) is 0. The standard InChI is InChI=1S/C13H23ClO/c1-2-15-13-11-9-7-5-3-4-6-8-10-12-14/h4,6,11,13H,2-3,5,7-10,12H2,1H3. The summed E-state index contributed by atoms with van der Waals surface area (Å²) < 4.78 is 5.10. The van der Waals surface area contributed by atoms with Crippen LogP contribution in [-0.2, 0) is 4.74 Å². The van der Waals surface area contributed by atoms with Crippen LogP contribution >= 0.6 is 11.6 Å². The second-order valence-corrected chi connectivity index (χ2v) is 3.79. The summed E-state index contributed by atoms with van der Waals surface area (Å²) >= 11 is 5.57. The number of ether oxygens (including phenoxy) is 1. The molecule has 0 saturated carbocycles. The maximum absolute atomic E-state index is 5.57. The van der Waals surface area contributed by atoms with Crippen molar-refractivity contribution in [2.45, 2.75) is 45.4 Å². The van der Waals surface area contributed by atoms with E-state index < -0.39 is 0 Å². The molecule has 0 N–H and O–H groups in total. The first-order chi connectivity index (χ1) is 7.41. The van der Waals surface area contributed by atoms with E-state index in [2.05, 4.69) is 18.2 Å². The van der Waals surface area contributed by atoms with E-state index in [1.54, 1.807) is 6.26 Å². The van der Waals surface area contributed by atoms with Crippen molar-refractivity contribution in [3.05, 3.63) is 24.5 Å². The number of hydrogen-bond donors (Lipinski definition) is 0. The summed E-state index contributed by atoms with van der Waals surface area (Å²) in [4.78, 5) is 0. The minimum absolute atomic E-state index is 0.764. The first kappa shape index (κ1) is 14.6. The van der Waals surface area contributed by atoms with Gasteiger partial charge in [0.2, 0.25) is 0 Å². The fourth-order valence-corrected chi connectivity index (χ4v) is 1.34. The molecule has 0 fully saturated rings. The Balaban J connectivity index is 3.07. The Morgan fingerprint density at radius 1 is 0.933 bits per heavy atom. The van der Waals surface area contributed by atoms with E-state index >= 15 is 0 Å². The number of halogens is 1. The zero-order valence-corrected chi connectivity index (χ0v) is 10.5. The van der Waals surface area contributed by atoms with Gasteiger partial charge in [0, 0.05) is 5.88 Å². The fourth-order valence-electron chi connectivity index (χ4n) is 1.19. The van der Waals surface area contributed by atoms with Crippen LogP contribution in [0.25, 0.3) is 0 Å². The molecule has 0 bridgehead atoms. The van der Waals surface area contributed by atoms with E-state index in [-0.39, 0.29) is 0 Å². The predicted octanol–water partition coefficient (Wildman–Crippen LogP) is 4.67. The molecule has 15 heavy (non-hydrogen) atoms. The van der Waals surface area contributed by atoms with Crippen LogP contribution in [0.4, 0.5) is 0 Å². The van der Waals surface area contributed by atoms with Crippen molar-refractivity contribution in [1.29, 1.82) is 0 Å². The lowest BCUT2D eigenvalue weighted by Crippen LogP contribution is -1.77. The number of rotatable bonds is 10. The highest BCUT2D eigenvalue weighted by Gasteiger charge is 1.84. The van der Waals surface area contributed by atoms with Gasteiger partial charge in [-0.25, -0.2) is 0 Å². The first-order valence-electron chi connectivity index (χ1n) is 5.89. The Labute approximate surface area is 99.2 Å². The topological polar surface area (TPSA) is 9.23 Å². The third-order valence-corrected chi connectivity index (χ3v) is 2.29. The Morgan fingerprint density at radius 2 is 1.53 bits per heavy atom. The van der Waals surface area contributed by atoms with E-state index in [4.69, 9.17) is 16.3 Å². The van der Waals surface area contributed by atoms with Gasteiger partial charge in [-0.2, -0.15) is 0 Å². The van der Waals surface area contributed by atoms with Crippen LogP contribution in [0.1, 0.15) is 45.4 Å². The van der Waals surface area contributed by atoms with Gasteiger partial charge < -0.3 is 4.74 Å². The van der Waals surface area contributed by atoms with Gasteiger partial charge in [-0.3, -0.25) is 0 Å². The van der Waals surface area contributed by atoms with E-state index in [9.17, 15) is 0 Å². The van der Waals surface area contributed by atoms with E-state index in [1.165, 1.54) is 19.3 Å². The highest BCUT2D eigenvalue weighted by Crippen LogP contribution is 2.03. The molecular weight excluding hydrogens is 208 g/mol. The van der Waals surface area contributed by atoms with E-state index in [0.29, 0.717) is 0 Å². The normalized spacial score (nSPS) is 11.6. The number of allylic oxidation sites excluding steroid dienone is 3. The molecule has 0 aliphatic rings. The summed E-state index contributed by atoms with van der Waals surface area (Å²) in [6, 6.07) is 0. The number of hydrogen-bond acceptors (Lipinski definition) is 1. The summed E-state index contributed by atoms with van der Waals surface area (Å²) in [5.74, 6) is 0.770. The average molecular weight is 231 g/mol. The van der Waals surface area contributed by atoms with Gasteiger partial charge >= 0.3 is 0 Å². The number of unbranched alkanes of at least 4 members (excludes halogenated alkanes) is 4. The monoisotopic (exact) mass is 230 g/mol. The molecule has 88 valence electrons. The molecule has 0 saturated heterocycles. The molecule has 0 aromatic heterocycles. The molecule has 0 aromatic rings. The van der Waals surface area contributed by atoms with Gasteiger partial charge in [-0.15, -0.1) is 11.6 Å². The second-order valence-electron chi connectivity index (χ2n) is 3.41. The third kappa shape index (κ3) is 13.6. The van der Waals surface area contributed by atoms with Crippen LogP contribution < -0.4 is 0 Å². The van der Waals surface area contributed by atoms with Crippen molar-refractivity contribution < 1.29 is 4.74 Å². The molecule has 0 aliphatic carbocycles. The molecule has 0 aliphatic heterocycles. The first-order valence-corrected chi connectivity index (χ1v) is 6.42. The SMILES string of the molecule is CCOC=CCCCCC=CCCCCl. The molecule has 0 rings (SSSR count). The molecule has 0 atom stereocenters. The Morgan fingerprint density at radius 3 is 2.13 bits per heavy atom. The third-order valence-electron chi connectivity index (χ3n) is 2.02. The smallest absolute Gasteiger partial charge is 0.0845 e. The maximum Gasteiger partial charge on any atom is 0.0845 e.